The maximum Gasteiger partial charge on any atom is 0.118 e. The standard InChI is InChI=1S/C15H16O2/c1-10-9-15(16)11(2)8-14(10)12-4-6-13(17-3)7-5-12/h4-9,16H,1-3H3. The fourth-order valence-electron chi connectivity index (χ4n) is 1.88. The van der Waals surface area contributed by atoms with Gasteiger partial charge in [0.05, 0.1) is 7.11 Å². The van der Waals surface area contributed by atoms with Crippen LogP contribution in [0.25, 0.3) is 11.1 Å². The summed E-state index contributed by atoms with van der Waals surface area (Å²) in [6, 6.07) is 11.7. The van der Waals surface area contributed by atoms with Gasteiger partial charge in [-0.3, -0.25) is 0 Å². The molecule has 2 nitrogen and oxygen atoms in total. The summed E-state index contributed by atoms with van der Waals surface area (Å²) >= 11 is 0. The molecule has 0 unspecified atom stereocenters. The third-order valence-electron chi connectivity index (χ3n) is 2.94. The van der Waals surface area contributed by atoms with Gasteiger partial charge in [-0.25, -0.2) is 0 Å². The van der Waals surface area contributed by atoms with E-state index in [1.54, 1.807) is 13.2 Å². The van der Waals surface area contributed by atoms with Crippen molar-refractivity contribution in [3.8, 4) is 22.6 Å². The number of aryl methyl sites for hydroxylation is 2. The summed E-state index contributed by atoms with van der Waals surface area (Å²) in [5, 5.41) is 9.63. The fraction of sp³-hybridized carbons (Fsp3) is 0.200. The van der Waals surface area contributed by atoms with Gasteiger partial charge in [-0.1, -0.05) is 12.1 Å². The molecule has 2 heteroatoms. The van der Waals surface area contributed by atoms with Gasteiger partial charge in [0.2, 0.25) is 0 Å². The molecule has 0 spiro atoms. The van der Waals surface area contributed by atoms with Crippen LogP contribution in [0.4, 0.5) is 0 Å². The van der Waals surface area contributed by atoms with Crippen LogP contribution >= 0.6 is 0 Å². The molecule has 0 aliphatic heterocycles. The summed E-state index contributed by atoms with van der Waals surface area (Å²) in [5.74, 6) is 1.20. The van der Waals surface area contributed by atoms with E-state index in [1.807, 2.05) is 44.2 Å². The Hall–Kier alpha value is -1.96. The Morgan fingerprint density at radius 1 is 0.941 bits per heavy atom. The molecule has 0 fully saturated rings. The molecule has 0 amide bonds. The molecular formula is C15H16O2. The van der Waals surface area contributed by atoms with Crippen molar-refractivity contribution in [2.45, 2.75) is 13.8 Å². The third kappa shape index (κ3) is 2.26. The van der Waals surface area contributed by atoms with Crippen LogP contribution in [-0.4, -0.2) is 12.2 Å². The Bertz CT molecular complexity index is 527. The molecular weight excluding hydrogens is 212 g/mol. The lowest BCUT2D eigenvalue weighted by Gasteiger charge is -2.09. The number of phenols is 1. The number of aromatic hydroxyl groups is 1. The summed E-state index contributed by atoms with van der Waals surface area (Å²) in [5.41, 5.74) is 4.23. The van der Waals surface area contributed by atoms with Crippen molar-refractivity contribution in [1.29, 1.82) is 0 Å². The van der Waals surface area contributed by atoms with E-state index in [0.29, 0.717) is 5.75 Å². The maximum absolute atomic E-state index is 9.63. The average molecular weight is 228 g/mol. The molecule has 2 rings (SSSR count). The van der Waals surface area contributed by atoms with Crippen molar-refractivity contribution in [3.05, 3.63) is 47.5 Å². The van der Waals surface area contributed by atoms with Gasteiger partial charge in [0.15, 0.2) is 0 Å². The van der Waals surface area contributed by atoms with Crippen LogP contribution in [0, 0.1) is 13.8 Å². The van der Waals surface area contributed by atoms with Crippen molar-refractivity contribution in [1.82, 2.24) is 0 Å². The number of hydrogen-bond donors (Lipinski definition) is 1. The predicted molar refractivity (Wildman–Crippen MR) is 69.6 cm³/mol. The molecule has 0 saturated heterocycles. The quantitative estimate of drug-likeness (QED) is 0.849. The first-order valence-electron chi connectivity index (χ1n) is 5.56. The van der Waals surface area contributed by atoms with E-state index < -0.39 is 0 Å². The first-order valence-corrected chi connectivity index (χ1v) is 5.56. The number of hydrogen-bond acceptors (Lipinski definition) is 2. The lowest BCUT2D eigenvalue weighted by atomic mass is 9.98. The average Bonchev–Trinajstić information content (AvgIpc) is 2.34. The Kier molecular flexibility index (Phi) is 3.05. The summed E-state index contributed by atoms with van der Waals surface area (Å²) in [6.07, 6.45) is 0. The Balaban J connectivity index is 2.48. The van der Waals surface area contributed by atoms with Crippen LogP contribution in [0.1, 0.15) is 11.1 Å². The normalized spacial score (nSPS) is 10.3. The van der Waals surface area contributed by atoms with Crippen molar-refractivity contribution >= 4 is 0 Å². The maximum atomic E-state index is 9.63. The minimum absolute atomic E-state index is 0.347. The predicted octanol–water partition coefficient (Wildman–Crippen LogP) is 3.68. The van der Waals surface area contributed by atoms with Gasteiger partial charge in [-0.2, -0.15) is 0 Å². The van der Waals surface area contributed by atoms with E-state index in [1.165, 1.54) is 0 Å². The molecule has 2 aromatic rings. The number of benzene rings is 2. The van der Waals surface area contributed by atoms with E-state index in [9.17, 15) is 5.11 Å². The van der Waals surface area contributed by atoms with Crippen molar-refractivity contribution in [2.75, 3.05) is 7.11 Å². The molecule has 17 heavy (non-hydrogen) atoms. The van der Waals surface area contributed by atoms with Crippen LogP contribution in [-0.2, 0) is 0 Å². The molecule has 0 aromatic heterocycles. The molecule has 0 atom stereocenters. The minimum atomic E-state index is 0.347. The molecule has 2 aromatic carbocycles. The molecule has 0 aliphatic carbocycles. The van der Waals surface area contributed by atoms with Gasteiger partial charge >= 0.3 is 0 Å². The fourth-order valence-corrected chi connectivity index (χ4v) is 1.88. The number of ether oxygens (including phenoxy) is 1. The Labute approximate surface area is 101 Å². The largest absolute Gasteiger partial charge is 0.508 e. The monoisotopic (exact) mass is 228 g/mol. The SMILES string of the molecule is COc1ccc(-c2cc(C)c(O)cc2C)cc1. The highest BCUT2D eigenvalue weighted by Gasteiger charge is 2.05. The molecule has 0 heterocycles. The summed E-state index contributed by atoms with van der Waals surface area (Å²) in [7, 11) is 1.66. The van der Waals surface area contributed by atoms with Crippen LogP contribution in [0.5, 0.6) is 11.5 Å². The van der Waals surface area contributed by atoms with Crippen LogP contribution in [0.2, 0.25) is 0 Å². The van der Waals surface area contributed by atoms with Crippen LogP contribution in [0.15, 0.2) is 36.4 Å². The van der Waals surface area contributed by atoms with Crippen molar-refractivity contribution < 1.29 is 9.84 Å². The highest BCUT2D eigenvalue weighted by atomic mass is 16.5. The summed E-state index contributed by atoms with van der Waals surface area (Å²) in [6.45, 7) is 3.90. The smallest absolute Gasteiger partial charge is 0.118 e. The second-order valence-electron chi connectivity index (χ2n) is 4.18. The minimum Gasteiger partial charge on any atom is -0.508 e. The second kappa shape index (κ2) is 4.50. The van der Waals surface area contributed by atoms with Crippen molar-refractivity contribution in [3.63, 3.8) is 0 Å². The first kappa shape index (κ1) is 11.5. The van der Waals surface area contributed by atoms with Gasteiger partial charge in [0.1, 0.15) is 11.5 Å². The highest BCUT2D eigenvalue weighted by molar-refractivity contribution is 5.69. The Morgan fingerprint density at radius 3 is 2.18 bits per heavy atom. The molecule has 1 N–H and O–H groups in total. The van der Waals surface area contributed by atoms with E-state index in [0.717, 1.165) is 28.0 Å². The van der Waals surface area contributed by atoms with E-state index in [-0.39, 0.29) is 0 Å². The van der Waals surface area contributed by atoms with Gasteiger partial charge in [-0.15, -0.1) is 0 Å². The third-order valence-corrected chi connectivity index (χ3v) is 2.94. The Morgan fingerprint density at radius 2 is 1.59 bits per heavy atom. The summed E-state index contributed by atoms with van der Waals surface area (Å²) < 4.78 is 5.14. The molecule has 0 aliphatic rings. The number of rotatable bonds is 2. The number of phenolic OH excluding ortho intramolecular Hbond substituents is 1. The van der Waals surface area contributed by atoms with Crippen LogP contribution in [0.3, 0.4) is 0 Å². The molecule has 0 saturated carbocycles. The zero-order valence-corrected chi connectivity index (χ0v) is 10.3. The number of methoxy groups -OCH3 is 1. The lowest BCUT2D eigenvalue weighted by molar-refractivity contribution is 0.415. The van der Waals surface area contributed by atoms with E-state index >= 15 is 0 Å². The topological polar surface area (TPSA) is 29.5 Å². The molecule has 88 valence electrons. The zero-order valence-electron chi connectivity index (χ0n) is 10.3. The van der Waals surface area contributed by atoms with E-state index in [4.69, 9.17) is 4.74 Å². The van der Waals surface area contributed by atoms with Gasteiger partial charge in [0, 0.05) is 0 Å². The zero-order chi connectivity index (χ0) is 12.4. The van der Waals surface area contributed by atoms with E-state index in [2.05, 4.69) is 0 Å². The van der Waals surface area contributed by atoms with Crippen molar-refractivity contribution in [2.24, 2.45) is 0 Å². The van der Waals surface area contributed by atoms with Gasteiger partial charge in [-0.05, 0) is 60.4 Å². The van der Waals surface area contributed by atoms with Gasteiger partial charge in [0.25, 0.3) is 0 Å². The highest BCUT2D eigenvalue weighted by Crippen LogP contribution is 2.30. The summed E-state index contributed by atoms with van der Waals surface area (Å²) in [4.78, 5) is 0. The van der Waals surface area contributed by atoms with Crippen LogP contribution < -0.4 is 4.74 Å². The van der Waals surface area contributed by atoms with Gasteiger partial charge < -0.3 is 9.84 Å². The first-order chi connectivity index (χ1) is 8.11. The second-order valence-corrected chi connectivity index (χ2v) is 4.18. The molecule has 0 bridgehead atoms. The molecule has 0 radical (unpaired) electrons. The lowest BCUT2D eigenvalue weighted by Crippen LogP contribution is -1.87.